The van der Waals surface area contributed by atoms with E-state index in [1.807, 2.05) is 25.1 Å². The Kier molecular flexibility index (Phi) is 2.75. The summed E-state index contributed by atoms with van der Waals surface area (Å²) in [5.74, 6) is 0. The lowest BCUT2D eigenvalue weighted by Crippen LogP contribution is -1.77. The van der Waals surface area contributed by atoms with Crippen molar-refractivity contribution in [3.8, 4) is 0 Å². The second kappa shape index (κ2) is 3.89. The molecule has 10 heavy (non-hydrogen) atoms. The fourth-order valence-corrected chi connectivity index (χ4v) is 0.802. The van der Waals surface area contributed by atoms with Crippen LogP contribution in [0.2, 0.25) is 0 Å². The molecule has 0 heterocycles. The Bertz CT molecular complexity index is 197. The van der Waals surface area contributed by atoms with Crippen molar-refractivity contribution in [1.29, 1.82) is 0 Å². The molecule has 1 aromatic carbocycles. The lowest BCUT2D eigenvalue weighted by Gasteiger charge is -1.91. The molecular formula is C10H11. The van der Waals surface area contributed by atoms with Gasteiger partial charge in [0.25, 0.3) is 0 Å². The summed E-state index contributed by atoms with van der Waals surface area (Å²) in [6, 6.07) is 11.2. The van der Waals surface area contributed by atoms with Gasteiger partial charge in [-0.15, -0.1) is 0 Å². The normalized spacial score (nSPS) is 10.5. The summed E-state index contributed by atoms with van der Waals surface area (Å²) in [6.45, 7) is 2.03. The quantitative estimate of drug-likeness (QED) is 0.541. The summed E-state index contributed by atoms with van der Waals surface area (Å²) < 4.78 is 0. The maximum atomic E-state index is 3.15. The van der Waals surface area contributed by atoms with Gasteiger partial charge in [0.15, 0.2) is 0 Å². The van der Waals surface area contributed by atoms with Crippen molar-refractivity contribution >= 4 is 0 Å². The standard InChI is InChI=1S/C10H11/c1-2-3-7-10-8-5-4-6-9-10/h2-6,8H,7H2,1H3/b3-2-. The van der Waals surface area contributed by atoms with Gasteiger partial charge in [-0.3, -0.25) is 0 Å². The van der Waals surface area contributed by atoms with Crippen molar-refractivity contribution in [3.63, 3.8) is 0 Å². The molecule has 1 aromatic rings. The van der Waals surface area contributed by atoms with Crippen LogP contribution in [-0.2, 0) is 6.42 Å². The Morgan fingerprint density at radius 1 is 1.50 bits per heavy atom. The first-order valence-corrected chi connectivity index (χ1v) is 3.50. The van der Waals surface area contributed by atoms with E-state index in [2.05, 4.69) is 24.3 Å². The van der Waals surface area contributed by atoms with Crippen molar-refractivity contribution in [1.82, 2.24) is 0 Å². The van der Waals surface area contributed by atoms with Gasteiger partial charge in [-0.2, -0.15) is 0 Å². The molecule has 0 heteroatoms. The Labute approximate surface area is 62.2 Å². The van der Waals surface area contributed by atoms with Gasteiger partial charge in [-0.05, 0) is 25.0 Å². The predicted molar refractivity (Wildman–Crippen MR) is 43.8 cm³/mol. The topological polar surface area (TPSA) is 0 Å². The zero-order valence-electron chi connectivity index (χ0n) is 6.17. The summed E-state index contributed by atoms with van der Waals surface area (Å²) in [5.41, 5.74) is 1.25. The van der Waals surface area contributed by atoms with Crippen LogP contribution < -0.4 is 0 Å². The van der Waals surface area contributed by atoms with E-state index in [9.17, 15) is 0 Å². The van der Waals surface area contributed by atoms with Crippen LogP contribution in [0.25, 0.3) is 0 Å². The monoisotopic (exact) mass is 131 g/mol. The lowest BCUT2D eigenvalue weighted by molar-refractivity contribution is 1.26. The van der Waals surface area contributed by atoms with Crippen molar-refractivity contribution < 1.29 is 0 Å². The molecule has 0 amide bonds. The minimum atomic E-state index is 0.997. The molecule has 0 aromatic heterocycles. The van der Waals surface area contributed by atoms with Crippen LogP contribution in [0.1, 0.15) is 12.5 Å². The molecule has 0 aliphatic carbocycles. The highest BCUT2D eigenvalue weighted by atomic mass is 13.9. The molecule has 0 nitrogen and oxygen atoms in total. The lowest BCUT2D eigenvalue weighted by atomic mass is 10.1. The highest BCUT2D eigenvalue weighted by Crippen LogP contribution is 1.98. The maximum absolute atomic E-state index is 3.15. The van der Waals surface area contributed by atoms with Gasteiger partial charge >= 0.3 is 0 Å². The Morgan fingerprint density at radius 3 is 3.00 bits per heavy atom. The van der Waals surface area contributed by atoms with Gasteiger partial charge in [0.05, 0.1) is 0 Å². The minimum absolute atomic E-state index is 0.997. The van der Waals surface area contributed by atoms with Gasteiger partial charge in [0, 0.05) is 0 Å². The average Bonchev–Trinajstić information content (AvgIpc) is 2.03. The van der Waals surface area contributed by atoms with E-state index in [0.29, 0.717) is 0 Å². The van der Waals surface area contributed by atoms with Crippen LogP contribution in [0, 0.1) is 6.07 Å². The third-order valence-electron chi connectivity index (χ3n) is 1.35. The van der Waals surface area contributed by atoms with E-state index in [4.69, 9.17) is 0 Å². The predicted octanol–water partition coefficient (Wildman–Crippen LogP) is 2.61. The zero-order chi connectivity index (χ0) is 7.23. The van der Waals surface area contributed by atoms with Crippen LogP contribution in [-0.4, -0.2) is 0 Å². The van der Waals surface area contributed by atoms with E-state index >= 15 is 0 Å². The van der Waals surface area contributed by atoms with E-state index in [1.54, 1.807) is 0 Å². The molecule has 0 atom stereocenters. The maximum Gasteiger partial charge on any atom is -0.00914 e. The van der Waals surface area contributed by atoms with E-state index < -0.39 is 0 Å². The molecule has 0 bridgehead atoms. The van der Waals surface area contributed by atoms with Crippen molar-refractivity contribution in [2.24, 2.45) is 0 Å². The third-order valence-corrected chi connectivity index (χ3v) is 1.35. The summed E-state index contributed by atoms with van der Waals surface area (Å²) in [6.07, 6.45) is 5.18. The smallest absolute Gasteiger partial charge is 0.00914 e. The Morgan fingerprint density at radius 2 is 2.40 bits per heavy atom. The molecule has 1 radical (unpaired) electrons. The highest BCUT2D eigenvalue weighted by Gasteiger charge is 1.83. The fraction of sp³-hybridized carbons (Fsp3) is 0.200. The van der Waals surface area contributed by atoms with E-state index in [-0.39, 0.29) is 0 Å². The number of benzene rings is 1. The summed E-state index contributed by atoms with van der Waals surface area (Å²) in [5, 5.41) is 0. The van der Waals surface area contributed by atoms with E-state index in [1.165, 1.54) is 5.56 Å². The van der Waals surface area contributed by atoms with Gasteiger partial charge in [0.1, 0.15) is 0 Å². The van der Waals surface area contributed by atoms with Crippen LogP contribution in [0.5, 0.6) is 0 Å². The SMILES string of the molecule is C/C=C\Cc1[c]cccc1. The van der Waals surface area contributed by atoms with Crippen LogP contribution in [0.15, 0.2) is 36.4 Å². The Balaban J connectivity index is 2.59. The second-order valence-electron chi connectivity index (χ2n) is 2.16. The third kappa shape index (κ3) is 2.06. The van der Waals surface area contributed by atoms with Crippen LogP contribution >= 0.6 is 0 Å². The molecule has 0 unspecified atom stereocenters. The molecule has 0 N–H and O–H groups in total. The Hall–Kier alpha value is -1.04. The highest BCUT2D eigenvalue weighted by molar-refractivity contribution is 5.15. The van der Waals surface area contributed by atoms with Gasteiger partial charge in [-0.1, -0.05) is 36.4 Å². The molecule has 0 saturated heterocycles. The zero-order valence-corrected chi connectivity index (χ0v) is 6.17. The molecule has 51 valence electrons. The number of allylic oxidation sites excluding steroid dienone is 2. The van der Waals surface area contributed by atoms with Crippen molar-refractivity contribution in [2.75, 3.05) is 0 Å². The summed E-state index contributed by atoms with van der Waals surface area (Å²) >= 11 is 0. The van der Waals surface area contributed by atoms with E-state index in [0.717, 1.165) is 6.42 Å². The van der Waals surface area contributed by atoms with Crippen molar-refractivity contribution in [2.45, 2.75) is 13.3 Å². The molecular weight excluding hydrogens is 120 g/mol. The molecule has 0 fully saturated rings. The number of rotatable bonds is 2. The largest absolute Gasteiger partial charge is 0.0913 e. The first kappa shape index (κ1) is 7.07. The molecule has 0 aliphatic rings. The van der Waals surface area contributed by atoms with Gasteiger partial charge in [0.2, 0.25) is 0 Å². The molecule has 0 aliphatic heterocycles. The van der Waals surface area contributed by atoms with Gasteiger partial charge in [-0.25, -0.2) is 0 Å². The molecule has 0 saturated carbocycles. The molecule has 0 spiro atoms. The van der Waals surface area contributed by atoms with Crippen molar-refractivity contribution in [3.05, 3.63) is 48.0 Å². The second-order valence-corrected chi connectivity index (χ2v) is 2.16. The minimum Gasteiger partial charge on any atom is -0.0913 e. The van der Waals surface area contributed by atoms with Crippen LogP contribution in [0.3, 0.4) is 0 Å². The average molecular weight is 131 g/mol. The number of hydrogen-bond donors (Lipinski definition) is 0. The summed E-state index contributed by atoms with van der Waals surface area (Å²) in [4.78, 5) is 0. The first-order valence-electron chi connectivity index (χ1n) is 3.50. The summed E-state index contributed by atoms with van der Waals surface area (Å²) in [7, 11) is 0. The fourth-order valence-electron chi connectivity index (χ4n) is 0.802. The van der Waals surface area contributed by atoms with Crippen LogP contribution in [0.4, 0.5) is 0 Å². The molecule has 1 rings (SSSR count). The van der Waals surface area contributed by atoms with Gasteiger partial charge < -0.3 is 0 Å². The number of hydrogen-bond acceptors (Lipinski definition) is 0. The first-order chi connectivity index (χ1) is 4.93.